The number of hydrogen-bond donors (Lipinski definition) is 1. The summed E-state index contributed by atoms with van der Waals surface area (Å²) < 4.78 is 16.4. The number of ether oxygens (including phenoxy) is 3. The monoisotopic (exact) mass is 456 g/mol. The van der Waals surface area contributed by atoms with Crippen molar-refractivity contribution in [2.75, 3.05) is 19.0 Å². The number of benzene rings is 3. The van der Waals surface area contributed by atoms with Crippen LogP contribution < -0.4 is 14.8 Å². The fraction of sp³-hybridized carbons (Fsp3) is 0.148. The first-order chi connectivity index (χ1) is 16.5. The van der Waals surface area contributed by atoms with Gasteiger partial charge in [-0.15, -0.1) is 0 Å². The van der Waals surface area contributed by atoms with E-state index in [1.807, 2.05) is 36.4 Å². The van der Waals surface area contributed by atoms with E-state index in [9.17, 15) is 14.9 Å². The third kappa shape index (κ3) is 6.24. The van der Waals surface area contributed by atoms with Crippen LogP contribution in [0.2, 0.25) is 0 Å². The number of nitrogens with one attached hydrogen (secondary N) is 1. The summed E-state index contributed by atoms with van der Waals surface area (Å²) in [5.74, 6) is -0.132. The zero-order chi connectivity index (χ0) is 24.3. The highest BCUT2D eigenvalue weighted by Gasteiger charge is 2.15. The van der Waals surface area contributed by atoms with Crippen molar-refractivity contribution in [2.24, 2.45) is 0 Å². The summed E-state index contributed by atoms with van der Waals surface area (Å²) in [5, 5.41) is 12.3. The molecule has 3 aromatic carbocycles. The Bertz CT molecular complexity index is 1210. The van der Waals surface area contributed by atoms with Gasteiger partial charge >= 0.3 is 5.97 Å². The number of carbonyl (C=O) groups is 2. The molecule has 0 aliphatic carbocycles. The Labute approximate surface area is 198 Å². The van der Waals surface area contributed by atoms with Gasteiger partial charge in [-0.1, -0.05) is 42.5 Å². The first-order valence-electron chi connectivity index (χ1n) is 10.6. The summed E-state index contributed by atoms with van der Waals surface area (Å²) in [7, 11) is 1.52. The lowest BCUT2D eigenvalue weighted by Gasteiger charge is -2.14. The van der Waals surface area contributed by atoms with Crippen LogP contribution in [0.1, 0.15) is 28.4 Å². The van der Waals surface area contributed by atoms with Gasteiger partial charge in [-0.2, -0.15) is 5.26 Å². The molecule has 0 fully saturated rings. The van der Waals surface area contributed by atoms with Gasteiger partial charge in [0.15, 0.2) is 11.5 Å². The molecular weight excluding hydrogens is 432 g/mol. The number of amides is 1. The van der Waals surface area contributed by atoms with Crippen molar-refractivity contribution >= 4 is 23.6 Å². The molecule has 0 saturated carbocycles. The summed E-state index contributed by atoms with van der Waals surface area (Å²) in [6.45, 7) is 2.29. The Hall–Kier alpha value is -4.57. The Morgan fingerprint density at radius 2 is 1.74 bits per heavy atom. The van der Waals surface area contributed by atoms with Gasteiger partial charge in [0.1, 0.15) is 18.2 Å². The molecule has 1 amide bonds. The van der Waals surface area contributed by atoms with Crippen LogP contribution in [0.3, 0.4) is 0 Å². The lowest BCUT2D eigenvalue weighted by Crippen LogP contribution is -2.14. The van der Waals surface area contributed by atoms with E-state index in [4.69, 9.17) is 14.2 Å². The van der Waals surface area contributed by atoms with Gasteiger partial charge in [0, 0.05) is 11.3 Å². The van der Waals surface area contributed by atoms with Crippen LogP contribution in [0, 0.1) is 11.3 Å². The fourth-order valence-electron chi connectivity index (χ4n) is 3.10. The third-order valence-electron chi connectivity index (χ3n) is 4.77. The van der Waals surface area contributed by atoms with Crippen LogP contribution in [0.15, 0.2) is 78.4 Å². The lowest BCUT2D eigenvalue weighted by molar-refractivity contribution is -0.112. The van der Waals surface area contributed by atoms with Gasteiger partial charge in [0.2, 0.25) is 0 Å². The second-order valence-electron chi connectivity index (χ2n) is 7.07. The first-order valence-corrected chi connectivity index (χ1v) is 10.6. The van der Waals surface area contributed by atoms with Crippen LogP contribution in [0.25, 0.3) is 6.08 Å². The van der Waals surface area contributed by atoms with E-state index in [0.29, 0.717) is 34.9 Å². The molecule has 0 spiro atoms. The molecule has 0 atom stereocenters. The molecule has 0 bridgehead atoms. The van der Waals surface area contributed by atoms with E-state index in [1.165, 1.54) is 13.2 Å². The molecular formula is C27H24N2O5. The topological polar surface area (TPSA) is 97.7 Å². The normalized spacial score (nSPS) is 10.7. The van der Waals surface area contributed by atoms with Gasteiger partial charge in [0.25, 0.3) is 5.91 Å². The number of rotatable bonds is 9. The van der Waals surface area contributed by atoms with Crippen molar-refractivity contribution in [3.63, 3.8) is 0 Å². The number of nitriles is 1. The first kappa shape index (κ1) is 24.1. The second kappa shape index (κ2) is 11.9. The van der Waals surface area contributed by atoms with Crippen LogP contribution in [-0.2, 0) is 16.1 Å². The maximum atomic E-state index is 12.7. The van der Waals surface area contributed by atoms with E-state index in [-0.39, 0.29) is 12.2 Å². The minimum atomic E-state index is -0.594. The Balaban J connectivity index is 1.80. The van der Waals surface area contributed by atoms with E-state index in [1.54, 1.807) is 49.4 Å². The maximum absolute atomic E-state index is 12.7. The zero-order valence-electron chi connectivity index (χ0n) is 18.9. The quantitative estimate of drug-likeness (QED) is 0.277. The number of hydrogen-bond acceptors (Lipinski definition) is 6. The highest BCUT2D eigenvalue weighted by atomic mass is 16.5. The van der Waals surface area contributed by atoms with Crippen molar-refractivity contribution in [3.8, 4) is 17.6 Å². The number of para-hydroxylation sites is 1. The fourth-order valence-corrected chi connectivity index (χ4v) is 3.10. The van der Waals surface area contributed by atoms with Gasteiger partial charge < -0.3 is 19.5 Å². The smallest absolute Gasteiger partial charge is 0.338 e. The zero-order valence-corrected chi connectivity index (χ0v) is 18.9. The van der Waals surface area contributed by atoms with E-state index >= 15 is 0 Å². The largest absolute Gasteiger partial charge is 0.493 e. The molecule has 172 valence electrons. The highest BCUT2D eigenvalue weighted by Crippen LogP contribution is 2.33. The number of methoxy groups -OCH3 is 1. The van der Waals surface area contributed by atoms with Gasteiger partial charge in [-0.05, 0) is 48.9 Å². The number of esters is 1. The van der Waals surface area contributed by atoms with Crippen molar-refractivity contribution in [3.05, 3.63) is 95.1 Å². The number of nitrogens with zero attached hydrogens (tertiary/aromatic N) is 1. The maximum Gasteiger partial charge on any atom is 0.338 e. The van der Waals surface area contributed by atoms with E-state index < -0.39 is 11.9 Å². The van der Waals surface area contributed by atoms with Crippen molar-refractivity contribution < 1.29 is 23.8 Å². The van der Waals surface area contributed by atoms with Crippen LogP contribution >= 0.6 is 0 Å². The minimum absolute atomic E-state index is 0.118. The summed E-state index contributed by atoms with van der Waals surface area (Å²) in [6, 6.07) is 23.0. The molecule has 0 saturated heterocycles. The summed E-state index contributed by atoms with van der Waals surface area (Å²) in [6.07, 6.45) is 1.45. The molecule has 7 nitrogen and oxygen atoms in total. The van der Waals surface area contributed by atoms with Crippen LogP contribution in [-0.4, -0.2) is 25.6 Å². The molecule has 0 aliphatic rings. The highest BCUT2D eigenvalue weighted by molar-refractivity contribution is 6.10. The average molecular weight is 456 g/mol. The van der Waals surface area contributed by atoms with Crippen molar-refractivity contribution in [1.82, 2.24) is 0 Å². The van der Waals surface area contributed by atoms with E-state index in [0.717, 1.165) is 5.56 Å². The molecule has 0 unspecified atom stereocenters. The standard InChI is InChI=1S/C27H24N2O5/c1-3-33-27(31)20-12-14-23(15-13-20)29-26(30)22(17-28)16-21-10-7-11-24(32-2)25(21)34-18-19-8-5-4-6-9-19/h4-16H,3,18H2,1-2H3,(H,29,30)/b22-16+. The van der Waals surface area contributed by atoms with E-state index in [2.05, 4.69) is 5.32 Å². The Morgan fingerprint density at radius 1 is 1.00 bits per heavy atom. The predicted octanol–water partition coefficient (Wildman–Crippen LogP) is 5.00. The molecule has 34 heavy (non-hydrogen) atoms. The second-order valence-corrected chi connectivity index (χ2v) is 7.07. The van der Waals surface area contributed by atoms with Gasteiger partial charge in [0.05, 0.1) is 19.3 Å². The number of carbonyl (C=O) groups excluding carboxylic acids is 2. The van der Waals surface area contributed by atoms with Crippen molar-refractivity contribution in [2.45, 2.75) is 13.5 Å². The molecule has 0 aliphatic heterocycles. The minimum Gasteiger partial charge on any atom is -0.493 e. The van der Waals surface area contributed by atoms with Crippen molar-refractivity contribution in [1.29, 1.82) is 5.26 Å². The molecule has 3 rings (SSSR count). The predicted molar refractivity (Wildman–Crippen MR) is 128 cm³/mol. The molecule has 0 radical (unpaired) electrons. The number of anilines is 1. The molecule has 1 N–H and O–H groups in total. The molecule has 7 heteroatoms. The van der Waals surface area contributed by atoms with Gasteiger partial charge in [-0.25, -0.2) is 4.79 Å². The SMILES string of the molecule is CCOC(=O)c1ccc(NC(=O)/C(C#N)=C/c2cccc(OC)c2OCc2ccccc2)cc1. The summed E-state index contributed by atoms with van der Waals surface area (Å²) in [4.78, 5) is 24.5. The Morgan fingerprint density at radius 3 is 2.38 bits per heavy atom. The molecule has 0 aromatic heterocycles. The lowest BCUT2D eigenvalue weighted by atomic mass is 10.1. The van der Waals surface area contributed by atoms with Crippen LogP contribution in [0.5, 0.6) is 11.5 Å². The average Bonchev–Trinajstić information content (AvgIpc) is 2.87. The van der Waals surface area contributed by atoms with Crippen LogP contribution in [0.4, 0.5) is 5.69 Å². The third-order valence-corrected chi connectivity index (χ3v) is 4.77. The molecule has 0 heterocycles. The Kier molecular flexibility index (Phi) is 8.42. The summed E-state index contributed by atoms with van der Waals surface area (Å²) >= 11 is 0. The summed E-state index contributed by atoms with van der Waals surface area (Å²) in [5.41, 5.74) is 2.18. The van der Waals surface area contributed by atoms with Gasteiger partial charge in [-0.3, -0.25) is 4.79 Å². The molecule has 3 aromatic rings.